The van der Waals surface area contributed by atoms with Crippen LogP contribution in [0.4, 0.5) is 0 Å². The van der Waals surface area contributed by atoms with Crippen LogP contribution in [0.2, 0.25) is 5.02 Å². The van der Waals surface area contributed by atoms with E-state index in [1.54, 1.807) is 41.8 Å². The van der Waals surface area contributed by atoms with Crippen LogP contribution in [-0.2, 0) is 0 Å². The number of nitrogens with one attached hydrogen (secondary N) is 1. The van der Waals surface area contributed by atoms with E-state index < -0.39 is 5.91 Å². The zero-order valence-corrected chi connectivity index (χ0v) is 14.8. The van der Waals surface area contributed by atoms with Crippen LogP contribution in [0.15, 0.2) is 65.0 Å². The molecule has 0 aliphatic carbocycles. The van der Waals surface area contributed by atoms with Crippen LogP contribution in [0.5, 0.6) is 0 Å². The molecule has 2 aromatic heterocycles. The number of carbonyl (C=O) groups excluding carboxylic acids is 1. The maximum atomic E-state index is 12.4. The zero-order valence-electron chi connectivity index (χ0n) is 13.2. The van der Waals surface area contributed by atoms with Gasteiger partial charge in [-0.05, 0) is 24.3 Å². The number of thiazole rings is 1. The van der Waals surface area contributed by atoms with E-state index >= 15 is 0 Å². The molecule has 0 bridgehead atoms. The summed E-state index contributed by atoms with van der Waals surface area (Å²) >= 11 is 7.22. The van der Waals surface area contributed by atoms with Gasteiger partial charge in [-0.25, -0.2) is 14.6 Å². The number of rotatable bonds is 3. The maximum Gasteiger partial charge on any atom is 0.289 e. The minimum Gasteiger partial charge on any atom is -0.267 e. The fraction of sp³-hybridized carbons (Fsp3) is 0. The molecule has 1 N–H and O–H groups in total. The Balaban J connectivity index is 1.60. The van der Waals surface area contributed by atoms with Gasteiger partial charge in [0.05, 0.1) is 10.9 Å². The average Bonchev–Trinajstić information content (AvgIpc) is 3.15. The van der Waals surface area contributed by atoms with E-state index in [2.05, 4.69) is 15.4 Å². The largest absolute Gasteiger partial charge is 0.289 e. The summed E-state index contributed by atoms with van der Waals surface area (Å²) in [5, 5.41) is 3.39. The van der Waals surface area contributed by atoms with E-state index in [1.807, 2.05) is 12.1 Å². The van der Waals surface area contributed by atoms with E-state index in [-0.39, 0.29) is 11.3 Å². The lowest BCUT2D eigenvalue weighted by molar-refractivity contribution is 0.100. The number of benzene rings is 2. The first kappa shape index (κ1) is 16.4. The van der Waals surface area contributed by atoms with Crippen molar-refractivity contribution in [2.75, 3.05) is 5.43 Å². The number of amides is 1. The molecule has 2 heterocycles. The Kier molecular flexibility index (Phi) is 4.24. The number of carbonyl (C=O) groups is 1. The summed E-state index contributed by atoms with van der Waals surface area (Å²) < 4.78 is 1.06. The molecule has 0 aliphatic heterocycles. The van der Waals surface area contributed by atoms with Crippen LogP contribution in [0, 0.1) is 0 Å². The van der Waals surface area contributed by atoms with Crippen LogP contribution < -0.4 is 11.0 Å². The Bertz CT molecular complexity index is 1170. The third kappa shape index (κ3) is 3.10. The van der Waals surface area contributed by atoms with Crippen molar-refractivity contribution in [1.82, 2.24) is 14.6 Å². The molecular formula is C18H11ClN4O2S. The van der Waals surface area contributed by atoms with Crippen molar-refractivity contribution < 1.29 is 4.79 Å². The highest BCUT2D eigenvalue weighted by atomic mass is 35.5. The van der Waals surface area contributed by atoms with Gasteiger partial charge in [-0.3, -0.25) is 15.0 Å². The quantitative estimate of drug-likeness (QED) is 0.587. The number of fused-ring (bicyclic) bond motifs is 1. The smallest absolute Gasteiger partial charge is 0.267 e. The fourth-order valence-electron chi connectivity index (χ4n) is 2.42. The minimum absolute atomic E-state index is 0.222. The first-order valence-corrected chi connectivity index (χ1v) is 8.87. The molecule has 0 spiro atoms. The molecule has 128 valence electrons. The van der Waals surface area contributed by atoms with Crippen molar-refractivity contribution in [3.05, 3.63) is 81.3 Å². The topological polar surface area (TPSA) is 76.9 Å². The van der Waals surface area contributed by atoms with Gasteiger partial charge in [-0.15, -0.1) is 11.3 Å². The molecule has 0 saturated carbocycles. The molecule has 0 fully saturated rings. The highest BCUT2D eigenvalue weighted by molar-refractivity contribution is 7.13. The van der Waals surface area contributed by atoms with Gasteiger partial charge < -0.3 is 0 Å². The number of hydrogen-bond acceptors (Lipinski definition) is 5. The van der Waals surface area contributed by atoms with Crippen molar-refractivity contribution in [3.8, 4) is 10.6 Å². The number of para-hydroxylation sites is 1. The van der Waals surface area contributed by atoms with Crippen molar-refractivity contribution in [2.24, 2.45) is 0 Å². The summed E-state index contributed by atoms with van der Waals surface area (Å²) in [6.07, 6.45) is 1.29. The lowest BCUT2D eigenvalue weighted by Crippen LogP contribution is -2.33. The van der Waals surface area contributed by atoms with Gasteiger partial charge in [0.15, 0.2) is 0 Å². The number of nitrogens with zero attached hydrogens (tertiary/aromatic N) is 3. The number of hydrogen-bond donors (Lipinski definition) is 1. The standard InChI is InChI=1S/C18H11ClN4O2S/c19-12-7-5-11(6-8-12)17-21-15(9-26-17)16(24)22-23-10-20-14-4-2-1-3-13(14)18(23)25/h1-10H,(H,22,24). The Morgan fingerprint density at radius 3 is 2.69 bits per heavy atom. The van der Waals surface area contributed by atoms with Crippen molar-refractivity contribution >= 4 is 39.7 Å². The van der Waals surface area contributed by atoms with Gasteiger partial charge >= 0.3 is 0 Å². The number of aromatic nitrogens is 3. The van der Waals surface area contributed by atoms with Crippen molar-refractivity contribution in [2.45, 2.75) is 0 Å². The predicted octanol–water partition coefficient (Wildman–Crippen LogP) is 3.56. The second-order valence-electron chi connectivity index (χ2n) is 5.42. The normalized spacial score (nSPS) is 10.8. The molecule has 0 atom stereocenters. The molecule has 4 rings (SSSR count). The van der Waals surface area contributed by atoms with E-state index in [0.717, 1.165) is 10.2 Å². The van der Waals surface area contributed by atoms with E-state index in [0.29, 0.717) is 20.9 Å². The minimum atomic E-state index is -0.486. The van der Waals surface area contributed by atoms with E-state index in [1.165, 1.54) is 17.7 Å². The highest BCUT2D eigenvalue weighted by Crippen LogP contribution is 2.25. The maximum absolute atomic E-state index is 12.4. The van der Waals surface area contributed by atoms with Crippen LogP contribution in [0.1, 0.15) is 10.5 Å². The molecule has 0 saturated heterocycles. The first-order chi connectivity index (χ1) is 12.6. The summed E-state index contributed by atoms with van der Waals surface area (Å²) in [6.45, 7) is 0. The van der Waals surface area contributed by atoms with Gasteiger partial charge in [-0.2, -0.15) is 0 Å². The fourth-order valence-corrected chi connectivity index (χ4v) is 3.35. The van der Waals surface area contributed by atoms with Gasteiger partial charge in [0, 0.05) is 16.0 Å². The molecule has 0 aliphatic rings. The first-order valence-electron chi connectivity index (χ1n) is 7.61. The molecule has 0 radical (unpaired) electrons. The zero-order chi connectivity index (χ0) is 18.1. The van der Waals surface area contributed by atoms with Crippen LogP contribution >= 0.6 is 22.9 Å². The number of halogens is 1. The summed E-state index contributed by atoms with van der Waals surface area (Å²) in [5.41, 5.74) is 3.83. The van der Waals surface area contributed by atoms with Gasteiger partial charge in [0.25, 0.3) is 11.5 Å². The third-order valence-corrected chi connectivity index (χ3v) is 4.86. The molecule has 0 unspecified atom stereocenters. The Morgan fingerprint density at radius 2 is 1.88 bits per heavy atom. The Hall–Kier alpha value is -3.03. The summed E-state index contributed by atoms with van der Waals surface area (Å²) in [7, 11) is 0. The average molecular weight is 383 g/mol. The molecule has 1 amide bonds. The second-order valence-corrected chi connectivity index (χ2v) is 6.72. The van der Waals surface area contributed by atoms with Crippen molar-refractivity contribution in [3.63, 3.8) is 0 Å². The lowest BCUT2D eigenvalue weighted by Gasteiger charge is -2.07. The van der Waals surface area contributed by atoms with Crippen molar-refractivity contribution in [1.29, 1.82) is 0 Å². The van der Waals surface area contributed by atoms with Gasteiger partial charge in [0.1, 0.15) is 17.0 Å². The lowest BCUT2D eigenvalue weighted by atomic mass is 10.2. The molecule has 6 nitrogen and oxygen atoms in total. The SMILES string of the molecule is O=C(Nn1cnc2ccccc2c1=O)c1csc(-c2ccc(Cl)cc2)n1. The third-order valence-electron chi connectivity index (χ3n) is 3.72. The van der Waals surface area contributed by atoms with Gasteiger partial charge in [-0.1, -0.05) is 35.9 Å². The van der Waals surface area contributed by atoms with Crippen LogP contribution in [0.25, 0.3) is 21.5 Å². The second kappa shape index (κ2) is 6.70. The Labute approximate surface area is 156 Å². The molecule has 2 aromatic carbocycles. The van der Waals surface area contributed by atoms with E-state index in [9.17, 15) is 9.59 Å². The monoisotopic (exact) mass is 382 g/mol. The molecule has 8 heteroatoms. The summed E-state index contributed by atoms with van der Waals surface area (Å²) in [4.78, 5) is 33.4. The van der Waals surface area contributed by atoms with Crippen LogP contribution in [-0.4, -0.2) is 20.6 Å². The van der Waals surface area contributed by atoms with E-state index in [4.69, 9.17) is 11.6 Å². The molecule has 4 aromatic rings. The van der Waals surface area contributed by atoms with Crippen LogP contribution in [0.3, 0.4) is 0 Å². The Morgan fingerprint density at radius 1 is 1.12 bits per heavy atom. The van der Waals surface area contributed by atoms with Gasteiger partial charge in [0.2, 0.25) is 0 Å². The molecular weight excluding hydrogens is 372 g/mol. The predicted molar refractivity (Wildman–Crippen MR) is 102 cm³/mol. The highest BCUT2D eigenvalue weighted by Gasteiger charge is 2.13. The molecule has 26 heavy (non-hydrogen) atoms. The summed E-state index contributed by atoms with van der Waals surface area (Å²) in [6, 6.07) is 14.1. The summed E-state index contributed by atoms with van der Waals surface area (Å²) in [5.74, 6) is -0.486.